The maximum Gasteiger partial charge on any atom is 0.278 e. The third-order valence-corrected chi connectivity index (χ3v) is 3.13. The van der Waals surface area contributed by atoms with E-state index in [-0.39, 0.29) is 16.7 Å². The van der Waals surface area contributed by atoms with Crippen molar-refractivity contribution in [3.05, 3.63) is 33.1 Å². The van der Waals surface area contributed by atoms with E-state index in [9.17, 15) is 10.1 Å². The van der Waals surface area contributed by atoms with Crippen molar-refractivity contribution in [2.24, 2.45) is 0 Å². The highest BCUT2D eigenvalue weighted by Gasteiger charge is 2.18. The first-order valence-electron chi connectivity index (χ1n) is 6.29. The van der Waals surface area contributed by atoms with Crippen LogP contribution in [0.3, 0.4) is 0 Å². The number of ether oxygens (including phenoxy) is 1. The van der Waals surface area contributed by atoms with E-state index in [1.54, 1.807) is 27.2 Å². The van der Waals surface area contributed by atoms with Crippen LogP contribution in [0.4, 0.5) is 5.69 Å². The second-order valence-electron chi connectivity index (χ2n) is 4.68. The molecule has 0 aliphatic rings. The predicted molar refractivity (Wildman–Crippen MR) is 73.2 cm³/mol. The molecular formula is C13H21N3O3. The monoisotopic (exact) mass is 267 g/mol. The second kappa shape index (κ2) is 7.16. The minimum absolute atomic E-state index is 0.163. The zero-order valence-corrected chi connectivity index (χ0v) is 11.9. The van der Waals surface area contributed by atoms with Gasteiger partial charge < -0.3 is 10.1 Å². The van der Waals surface area contributed by atoms with Gasteiger partial charge in [-0.1, -0.05) is 0 Å². The number of nitro groups is 1. The van der Waals surface area contributed by atoms with Crippen LogP contribution in [0, 0.1) is 24.0 Å². The first-order chi connectivity index (χ1) is 8.97. The number of rotatable bonds is 7. The molecule has 6 heteroatoms. The first-order valence-corrected chi connectivity index (χ1v) is 6.29. The Hall–Kier alpha value is -1.53. The summed E-state index contributed by atoms with van der Waals surface area (Å²) in [5, 5.41) is 14.3. The van der Waals surface area contributed by atoms with Gasteiger partial charge in [-0.15, -0.1) is 0 Å². The van der Waals surface area contributed by atoms with Crippen molar-refractivity contribution >= 4 is 5.69 Å². The molecule has 6 nitrogen and oxygen atoms in total. The Bertz CT molecular complexity index is 449. The topological polar surface area (TPSA) is 77.3 Å². The van der Waals surface area contributed by atoms with Gasteiger partial charge >= 0.3 is 0 Å². The summed E-state index contributed by atoms with van der Waals surface area (Å²) in [6.07, 6.45) is 2.45. The van der Waals surface area contributed by atoms with E-state index >= 15 is 0 Å². The second-order valence-corrected chi connectivity index (χ2v) is 4.68. The van der Waals surface area contributed by atoms with Crippen LogP contribution in [0.1, 0.15) is 30.2 Å². The van der Waals surface area contributed by atoms with Crippen LogP contribution < -0.4 is 5.32 Å². The van der Waals surface area contributed by atoms with E-state index in [2.05, 4.69) is 17.2 Å². The Labute approximate surface area is 113 Å². The first kappa shape index (κ1) is 15.5. The molecule has 0 aliphatic heterocycles. The van der Waals surface area contributed by atoms with E-state index in [4.69, 9.17) is 4.74 Å². The van der Waals surface area contributed by atoms with Crippen LogP contribution in [0.2, 0.25) is 0 Å². The molecule has 106 valence electrons. The zero-order valence-electron chi connectivity index (χ0n) is 11.9. The van der Waals surface area contributed by atoms with Crippen molar-refractivity contribution in [3.8, 4) is 0 Å². The standard InChI is InChI=1S/C13H21N3O3/c1-9-7-15-12(11(3)13(9)16(17)18)8-14-10(2)5-6-19-4/h7,10,14H,5-6,8H2,1-4H3. The molecule has 0 saturated heterocycles. The fraction of sp³-hybridized carbons (Fsp3) is 0.615. The molecule has 0 aromatic carbocycles. The molecule has 1 atom stereocenters. The van der Waals surface area contributed by atoms with E-state index in [0.717, 1.165) is 12.1 Å². The molecule has 1 rings (SSSR count). The molecule has 0 fully saturated rings. The Balaban J connectivity index is 2.74. The number of methoxy groups -OCH3 is 1. The fourth-order valence-electron chi connectivity index (χ4n) is 1.89. The lowest BCUT2D eigenvalue weighted by Gasteiger charge is -2.14. The molecule has 1 heterocycles. The number of pyridine rings is 1. The normalized spacial score (nSPS) is 12.4. The summed E-state index contributed by atoms with van der Waals surface area (Å²) in [5.41, 5.74) is 2.12. The van der Waals surface area contributed by atoms with Crippen molar-refractivity contribution in [1.29, 1.82) is 0 Å². The van der Waals surface area contributed by atoms with Crippen molar-refractivity contribution in [2.75, 3.05) is 13.7 Å². The van der Waals surface area contributed by atoms with E-state index < -0.39 is 0 Å². The van der Waals surface area contributed by atoms with Crippen molar-refractivity contribution in [2.45, 2.75) is 39.8 Å². The number of hydrogen-bond donors (Lipinski definition) is 1. The van der Waals surface area contributed by atoms with Crippen LogP contribution in [0.5, 0.6) is 0 Å². The molecule has 0 spiro atoms. The summed E-state index contributed by atoms with van der Waals surface area (Å²) >= 11 is 0. The van der Waals surface area contributed by atoms with Gasteiger partial charge in [0.2, 0.25) is 0 Å². The molecule has 0 amide bonds. The molecule has 1 aromatic heterocycles. The van der Waals surface area contributed by atoms with Gasteiger partial charge in [-0.3, -0.25) is 15.1 Å². The quantitative estimate of drug-likeness (QED) is 0.605. The number of hydrogen-bond acceptors (Lipinski definition) is 5. The molecule has 19 heavy (non-hydrogen) atoms. The van der Waals surface area contributed by atoms with Gasteiger partial charge in [0.25, 0.3) is 5.69 Å². The predicted octanol–water partition coefficient (Wildman–Crippen LogP) is 2.12. The molecule has 0 aliphatic carbocycles. The third-order valence-electron chi connectivity index (χ3n) is 3.13. The summed E-state index contributed by atoms with van der Waals surface area (Å²) in [7, 11) is 1.67. The molecule has 1 unspecified atom stereocenters. The van der Waals surface area contributed by atoms with Crippen LogP contribution in [0.25, 0.3) is 0 Å². The zero-order chi connectivity index (χ0) is 14.4. The van der Waals surface area contributed by atoms with Crippen LogP contribution in [-0.2, 0) is 11.3 Å². The van der Waals surface area contributed by atoms with E-state index in [1.807, 2.05) is 0 Å². The lowest BCUT2D eigenvalue weighted by Crippen LogP contribution is -2.27. The smallest absolute Gasteiger partial charge is 0.278 e. The molecule has 0 bridgehead atoms. The summed E-state index contributed by atoms with van der Waals surface area (Å²) in [6, 6.07) is 0.279. The Kier molecular flexibility index (Phi) is 5.85. The minimum Gasteiger partial charge on any atom is -0.385 e. The minimum atomic E-state index is -0.343. The molecule has 1 aromatic rings. The van der Waals surface area contributed by atoms with Gasteiger partial charge in [0.1, 0.15) is 0 Å². The van der Waals surface area contributed by atoms with Crippen LogP contribution in [-0.4, -0.2) is 29.7 Å². The average molecular weight is 267 g/mol. The van der Waals surface area contributed by atoms with Crippen LogP contribution >= 0.6 is 0 Å². The molecule has 1 N–H and O–H groups in total. The number of nitrogens with zero attached hydrogens (tertiary/aromatic N) is 2. The van der Waals surface area contributed by atoms with Gasteiger partial charge in [0.15, 0.2) is 0 Å². The lowest BCUT2D eigenvalue weighted by atomic mass is 10.1. The summed E-state index contributed by atoms with van der Waals surface area (Å²) in [4.78, 5) is 14.9. The Morgan fingerprint density at radius 1 is 1.53 bits per heavy atom. The van der Waals surface area contributed by atoms with Crippen molar-refractivity contribution < 1.29 is 9.66 Å². The Morgan fingerprint density at radius 2 is 2.21 bits per heavy atom. The highest BCUT2D eigenvalue weighted by molar-refractivity contribution is 5.47. The third kappa shape index (κ3) is 4.25. The highest BCUT2D eigenvalue weighted by atomic mass is 16.6. The van der Waals surface area contributed by atoms with Gasteiger partial charge in [-0.25, -0.2) is 0 Å². The molecule has 0 saturated carbocycles. The number of nitrogens with one attached hydrogen (secondary N) is 1. The summed E-state index contributed by atoms with van der Waals surface area (Å²) in [5.74, 6) is 0. The molecule has 0 radical (unpaired) electrons. The number of aryl methyl sites for hydroxylation is 1. The maximum absolute atomic E-state index is 11.0. The van der Waals surface area contributed by atoms with Crippen molar-refractivity contribution in [3.63, 3.8) is 0 Å². The lowest BCUT2D eigenvalue weighted by molar-refractivity contribution is -0.386. The highest BCUT2D eigenvalue weighted by Crippen LogP contribution is 2.23. The average Bonchev–Trinajstić information content (AvgIpc) is 2.35. The van der Waals surface area contributed by atoms with Crippen molar-refractivity contribution in [1.82, 2.24) is 10.3 Å². The maximum atomic E-state index is 11.0. The van der Waals surface area contributed by atoms with E-state index in [1.165, 1.54) is 0 Å². The SMILES string of the molecule is COCCC(C)NCc1ncc(C)c([N+](=O)[O-])c1C. The van der Waals surface area contributed by atoms with Gasteiger partial charge in [0, 0.05) is 43.6 Å². The molecular weight excluding hydrogens is 246 g/mol. The van der Waals surface area contributed by atoms with Crippen LogP contribution in [0.15, 0.2) is 6.20 Å². The van der Waals surface area contributed by atoms with Gasteiger partial charge in [-0.05, 0) is 27.2 Å². The fourth-order valence-corrected chi connectivity index (χ4v) is 1.89. The van der Waals surface area contributed by atoms with Gasteiger partial charge in [0.05, 0.1) is 10.6 Å². The Morgan fingerprint density at radius 3 is 2.79 bits per heavy atom. The van der Waals surface area contributed by atoms with E-state index in [0.29, 0.717) is 24.3 Å². The summed E-state index contributed by atoms with van der Waals surface area (Å²) < 4.78 is 5.01. The van der Waals surface area contributed by atoms with Gasteiger partial charge in [-0.2, -0.15) is 0 Å². The largest absolute Gasteiger partial charge is 0.385 e. The number of aromatic nitrogens is 1. The summed E-state index contributed by atoms with van der Waals surface area (Å²) in [6.45, 7) is 6.72.